The minimum atomic E-state index is -0.410. The van der Waals surface area contributed by atoms with Crippen molar-refractivity contribution in [2.45, 2.75) is 32.3 Å². The van der Waals surface area contributed by atoms with Crippen molar-refractivity contribution >= 4 is 17.5 Å². The minimum Gasteiger partial charge on any atom is -0.492 e. The summed E-state index contributed by atoms with van der Waals surface area (Å²) in [6.07, 6.45) is 9.79. The van der Waals surface area contributed by atoms with Gasteiger partial charge < -0.3 is 24.4 Å². The number of halogens is 1. The van der Waals surface area contributed by atoms with E-state index in [1.165, 1.54) is 19.0 Å². The lowest BCUT2D eigenvalue weighted by atomic mass is 9.99. The monoisotopic (exact) mass is 497 g/mol. The number of piperidine rings is 1. The van der Waals surface area contributed by atoms with Gasteiger partial charge in [0.05, 0.1) is 32.6 Å². The summed E-state index contributed by atoms with van der Waals surface area (Å²) >= 11 is 0. The number of benzene rings is 1. The van der Waals surface area contributed by atoms with Crippen LogP contribution in [0.2, 0.25) is 0 Å². The van der Waals surface area contributed by atoms with Gasteiger partial charge in [-0.05, 0) is 62.4 Å². The molecule has 0 radical (unpaired) electrons. The zero-order chi connectivity index (χ0) is 24.6. The average molecular weight is 498 g/mol. The number of anilines is 3. The molecule has 0 aliphatic carbocycles. The Balaban J connectivity index is 1.36. The Labute approximate surface area is 212 Å². The molecule has 36 heavy (non-hydrogen) atoms. The average Bonchev–Trinajstić information content (AvgIpc) is 3.40. The summed E-state index contributed by atoms with van der Waals surface area (Å²) in [4.78, 5) is 13.2. The summed E-state index contributed by atoms with van der Waals surface area (Å²) in [7, 11) is 0. The second-order valence-electron chi connectivity index (χ2n) is 9.73. The first-order valence-corrected chi connectivity index (χ1v) is 13.1. The molecule has 1 aromatic heterocycles. The molecule has 3 aliphatic rings. The van der Waals surface area contributed by atoms with Crippen LogP contribution in [0.15, 0.2) is 36.5 Å². The second-order valence-corrected chi connectivity index (χ2v) is 9.73. The SMILES string of the molecule is Fc1cnc2nc1N1CCCC(COC/C=C/COCc3cc(cc(OCCN4CCCC4)c3)N2)C1. The third-order valence-corrected chi connectivity index (χ3v) is 6.86. The van der Waals surface area contributed by atoms with Crippen molar-refractivity contribution in [3.63, 3.8) is 0 Å². The fraction of sp³-hybridized carbons (Fsp3) is 0.556. The van der Waals surface area contributed by atoms with Gasteiger partial charge in [-0.1, -0.05) is 12.2 Å². The maximum atomic E-state index is 14.8. The highest BCUT2D eigenvalue weighted by Gasteiger charge is 2.24. The van der Waals surface area contributed by atoms with Crippen molar-refractivity contribution in [1.29, 1.82) is 0 Å². The molecule has 1 N–H and O–H groups in total. The molecule has 4 heterocycles. The summed E-state index contributed by atoms with van der Waals surface area (Å²) in [5, 5.41) is 3.26. The maximum absolute atomic E-state index is 14.8. The lowest BCUT2D eigenvalue weighted by Crippen LogP contribution is -2.38. The van der Waals surface area contributed by atoms with Crippen molar-refractivity contribution in [2.24, 2.45) is 5.92 Å². The molecule has 8 nitrogen and oxygen atoms in total. The number of aromatic nitrogens is 2. The maximum Gasteiger partial charge on any atom is 0.229 e. The molecule has 1 atom stereocenters. The number of hydrogen-bond donors (Lipinski definition) is 1. The molecule has 1 unspecified atom stereocenters. The molecule has 1 aromatic carbocycles. The smallest absolute Gasteiger partial charge is 0.229 e. The van der Waals surface area contributed by atoms with Gasteiger partial charge in [0, 0.05) is 31.4 Å². The summed E-state index contributed by atoms with van der Waals surface area (Å²) in [5.74, 6) is 1.38. The molecule has 194 valence electrons. The van der Waals surface area contributed by atoms with Crippen molar-refractivity contribution in [3.8, 4) is 5.75 Å². The molecule has 9 heteroatoms. The fourth-order valence-electron chi connectivity index (χ4n) is 5.04. The first kappa shape index (κ1) is 24.9. The molecule has 2 aromatic rings. The number of hydrogen-bond acceptors (Lipinski definition) is 8. The molecular formula is C27H36FN5O3. The molecule has 5 rings (SSSR count). The van der Waals surface area contributed by atoms with Crippen LogP contribution in [0.5, 0.6) is 5.75 Å². The molecular weight excluding hydrogens is 461 g/mol. The topological polar surface area (TPSA) is 72.0 Å². The van der Waals surface area contributed by atoms with Crippen LogP contribution in [0, 0.1) is 11.7 Å². The largest absolute Gasteiger partial charge is 0.492 e. The normalized spacial score (nSPS) is 22.4. The molecule has 2 saturated heterocycles. The van der Waals surface area contributed by atoms with Gasteiger partial charge in [0.15, 0.2) is 11.6 Å². The lowest BCUT2D eigenvalue weighted by molar-refractivity contribution is 0.114. The van der Waals surface area contributed by atoms with E-state index in [-0.39, 0.29) is 0 Å². The van der Waals surface area contributed by atoms with Crippen LogP contribution in [0.4, 0.5) is 21.8 Å². The van der Waals surface area contributed by atoms with Crippen molar-refractivity contribution in [1.82, 2.24) is 14.9 Å². The van der Waals surface area contributed by atoms with Gasteiger partial charge in [-0.15, -0.1) is 0 Å². The summed E-state index contributed by atoms with van der Waals surface area (Å²) in [5.41, 5.74) is 1.76. The van der Waals surface area contributed by atoms with E-state index in [4.69, 9.17) is 14.2 Å². The molecule has 6 bridgehead atoms. The zero-order valence-corrected chi connectivity index (χ0v) is 20.8. The van der Waals surface area contributed by atoms with E-state index in [0.717, 1.165) is 56.0 Å². The summed E-state index contributed by atoms with van der Waals surface area (Å²) in [6.45, 7) is 7.44. The van der Waals surface area contributed by atoms with Crippen LogP contribution in [0.3, 0.4) is 0 Å². The van der Waals surface area contributed by atoms with Crippen LogP contribution >= 0.6 is 0 Å². The molecule has 0 saturated carbocycles. The highest BCUT2D eigenvalue weighted by molar-refractivity contribution is 5.59. The van der Waals surface area contributed by atoms with E-state index in [9.17, 15) is 4.39 Å². The first-order valence-electron chi connectivity index (χ1n) is 13.1. The standard InChI is InChI=1S/C27H36FN5O3/c28-25-17-29-27-30-23-14-22(15-24(16-23)36-13-10-32-7-1-2-8-32)20-35-12-4-3-11-34-19-21-6-5-9-33(18-21)26(25)31-27/h3-4,14-17,21H,1-2,5-13,18-20H2,(H,29,30,31)/b4-3+. The van der Waals surface area contributed by atoms with Gasteiger partial charge >= 0.3 is 0 Å². The van der Waals surface area contributed by atoms with Crippen LogP contribution in [0.25, 0.3) is 0 Å². The Kier molecular flexibility index (Phi) is 8.63. The fourth-order valence-corrected chi connectivity index (χ4v) is 5.04. The lowest BCUT2D eigenvalue weighted by Gasteiger charge is -2.33. The van der Waals surface area contributed by atoms with Gasteiger partial charge in [0.2, 0.25) is 5.95 Å². The van der Waals surface area contributed by atoms with Gasteiger partial charge in [0.25, 0.3) is 0 Å². The number of rotatable bonds is 4. The van der Waals surface area contributed by atoms with Crippen molar-refractivity contribution < 1.29 is 18.6 Å². The number of nitrogens with zero attached hydrogens (tertiary/aromatic N) is 4. The van der Waals surface area contributed by atoms with Gasteiger partial charge in [0.1, 0.15) is 12.4 Å². The molecule has 2 fully saturated rings. The van der Waals surface area contributed by atoms with Crippen molar-refractivity contribution in [3.05, 3.63) is 47.9 Å². The third kappa shape index (κ3) is 6.93. The third-order valence-electron chi connectivity index (χ3n) is 6.86. The summed E-state index contributed by atoms with van der Waals surface area (Å²) < 4.78 is 32.6. The Bertz CT molecular complexity index is 1030. The predicted molar refractivity (Wildman–Crippen MR) is 137 cm³/mol. The first-order chi connectivity index (χ1) is 17.7. The predicted octanol–water partition coefficient (Wildman–Crippen LogP) is 4.15. The van der Waals surface area contributed by atoms with E-state index >= 15 is 0 Å². The van der Waals surface area contributed by atoms with Gasteiger partial charge in [-0.25, -0.2) is 9.37 Å². The Morgan fingerprint density at radius 2 is 1.92 bits per heavy atom. The van der Waals surface area contributed by atoms with Crippen LogP contribution in [0.1, 0.15) is 31.2 Å². The van der Waals surface area contributed by atoms with E-state index in [1.807, 2.05) is 35.3 Å². The molecule has 0 amide bonds. The summed E-state index contributed by atoms with van der Waals surface area (Å²) in [6, 6.07) is 5.93. The highest BCUT2D eigenvalue weighted by atomic mass is 19.1. The number of likely N-dealkylation sites (tertiary alicyclic amines) is 1. The van der Waals surface area contributed by atoms with E-state index in [0.29, 0.717) is 57.3 Å². The van der Waals surface area contributed by atoms with Crippen LogP contribution in [-0.4, -0.2) is 74.0 Å². The van der Waals surface area contributed by atoms with Crippen LogP contribution < -0.4 is 15.0 Å². The molecule has 3 aliphatic heterocycles. The van der Waals surface area contributed by atoms with Gasteiger partial charge in [-0.3, -0.25) is 4.90 Å². The quantitative estimate of drug-likeness (QED) is 0.632. The Morgan fingerprint density at radius 1 is 1.06 bits per heavy atom. The van der Waals surface area contributed by atoms with Crippen molar-refractivity contribution in [2.75, 3.05) is 69.4 Å². The second kappa shape index (κ2) is 12.5. The number of nitrogens with one attached hydrogen (secondary N) is 1. The molecule has 0 spiro atoms. The van der Waals surface area contributed by atoms with E-state index < -0.39 is 5.82 Å². The number of ether oxygens (including phenoxy) is 3. The van der Waals surface area contributed by atoms with Crippen LogP contribution in [-0.2, 0) is 16.1 Å². The minimum absolute atomic E-state index is 0.333. The van der Waals surface area contributed by atoms with E-state index in [2.05, 4.69) is 20.2 Å². The Hall–Kier alpha value is -2.75. The van der Waals surface area contributed by atoms with E-state index in [1.54, 1.807) is 0 Å². The number of fused-ring (bicyclic) bond motifs is 7. The Morgan fingerprint density at radius 3 is 2.81 bits per heavy atom. The van der Waals surface area contributed by atoms with Gasteiger partial charge in [-0.2, -0.15) is 4.98 Å². The highest BCUT2D eigenvalue weighted by Crippen LogP contribution is 2.28. The zero-order valence-electron chi connectivity index (χ0n) is 20.8.